The van der Waals surface area contributed by atoms with Gasteiger partial charge >= 0.3 is 6.16 Å². The highest BCUT2D eigenvalue weighted by atomic mass is 16.7. The van der Waals surface area contributed by atoms with E-state index >= 15 is 0 Å². The van der Waals surface area contributed by atoms with E-state index in [-0.39, 0.29) is 12.0 Å². The molecule has 0 bridgehead atoms. The number of nitrogens with zero attached hydrogens (tertiary/aromatic N) is 5. The molecule has 10 nitrogen and oxygen atoms in total. The summed E-state index contributed by atoms with van der Waals surface area (Å²) in [4.78, 5) is 40.8. The zero-order valence-electron chi connectivity index (χ0n) is 26.5. The van der Waals surface area contributed by atoms with Gasteiger partial charge in [-0.2, -0.15) is 0 Å². The molecular formula is C36H41N6O4+. The summed E-state index contributed by atoms with van der Waals surface area (Å²) in [5, 5.41) is 3.03. The number of piperazine rings is 1. The van der Waals surface area contributed by atoms with Gasteiger partial charge in [-0.05, 0) is 85.3 Å². The lowest BCUT2D eigenvalue weighted by Gasteiger charge is -2.41. The lowest BCUT2D eigenvalue weighted by Crippen LogP contribution is -2.58. The van der Waals surface area contributed by atoms with Gasteiger partial charge in [0.15, 0.2) is 0 Å². The zero-order chi connectivity index (χ0) is 31.9. The number of hydrogen-bond donors (Lipinski definition) is 1. The third-order valence-corrected chi connectivity index (χ3v) is 8.96. The van der Waals surface area contributed by atoms with Crippen LogP contribution in [0.1, 0.15) is 52.1 Å². The highest BCUT2D eigenvalue weighted by Gasteiger charge is 2.31. The molecule has 1 aliphatic heterocycles. The summed E-state index contributed by atoms with van der Waals surface area (Å²) in [7, 11) is 2.12. The van der Waals surface area contributed by atoms with Crippen molar-refractivity contribution >= 4 is 17.7 Å². The van der Waals surface area contributed by atoms with Crippen molar-refractivity contribution in [1.82, 2.24) is 19.9 Å². The quantitative estimate of drug-likeness (QED) is 0.180. The minimum atomic E-state index is -0.544. The smallest absolute Gasteiger partial charge is 0.431 e. The van der Waals surface area contributed by atoms with E-state index in [4.69, 9.17) is 14.5 Å². The van der Waals surface area contributed by atoms with E-state index in [0.29, 0.717) is 23.2 Å². The first-order chi connectivity index (χ1) is 22.3. The van der Waals surface area contributed by atoms with Crippen LogP contribution >= 0.6 is 0 Å². The summed E-state index contributed by atoms with van der Waals surface area (Å²) >= 11 is 0. The minimum Gasteiger partial charge on any atom is -0.431 e. The Bertz CT molecular complexity index is 1650. The molecule has 3 heterocycles. The summed E-state index contributed by atoms with van der Waals surface area (Å²) in [6.45, 7) is 6.75. The van der Waals surface area contributed by atoms with Gasteiger partial charge in [-0.3, -0.25) is 19.2 Å². The topological polar surface area (TPSA) is 107 Å². The number of hydrogen-bond acceptors (Lipinski definition) is 8. The second-order valence-corrected chi connectivity index (χ2v) is 12.6. The van der Waals surface area contributed by atoms with Crippen molar-refractivity contribution in [2.45, 2.75) is 45.3 Å². The van der Waals surface area contributed by atoms with Crippen LogP contribution in [0.2, 0.25) is 0 Å². The molecule has 2 aliphatic rings. The molecule has 4 aromatic rings. The number of aromatic nitrogens is 3. The molecule has 2 aromatic carbocycles. The molecular weight excluding hydrogens is 580 g/mol. The number of anilines is 1. The number of pyridine rings is 1. The molecule has 0 radical (unpaired) electrons. The van der Waals surface area contributed by atoms with Crippen molar-refractivity contribution < 1.29 is 23.5 Å². The molecule has 0 atom stereocenters. The average Bonchev–Trinajstić information content (AvgIpc) is 3.05. The number of benzene rings is 2. The molecule has 1 saturated carbocycles. The van der Waals surface area contributed by atoms with Gasteiger partial charge < -0.3 is 14.8 Å². The fourth-order valence-corrected chi connectivity index (χ4v) is 5.67. The highest BCUT2D eigenvalue weighted by Crippen LogP contribution is 2.23. The van der Waals surface area contributed by atoms with Gasteiger partial charge in [-0.1, -0.05) is 18.2 Å². The molecule has 1 amide bonds. The van der Waals surface area contributed by atoms with Gasteiger partial charge in [0.1, 0.15) is 11.9 Å². The average molecular weight is 622 g/mol. The molecule has 1 aliphatic carbocycles. The monoisotopic (exact) mass is 621 g/mol. The number of quaternary nitrogens is 1. The molecule has 238 valence electrons. The Morgan fingerprint density at radius 3 is 2.52 bits per heavy atom. The molecule has 0 spiro atoms. The van der Waals surface area contributed by atoms with E-state index in [1.54, 1.807) is 18.6 Å². The lowest BCUT2D eigenvalue weighted by atomic mass is 9.96. The predicted octanol–water partition coefficient (Wildman–Crippen LogP) is 5.62. The van der Waals surface area contributed by atoms with Gasteiger partial charge in [-0.15, -0.1) is 0 Å². The number of aryl methyl sites for hydroxylation is 1. The van der Waals surface area contributed by atoms with Crippen molar-refractivity contribution in [3.8, 4) is 11.3 Å². The number of carbonyl (C=O) groups excluding carboxylic acids is 2. The van der Waals surface area contributed by atoms with Gasteiger partial charge in [0, 0.05) is 61.5 Å². The van der Waals surface area contributed by atoms with E-state index in [9.17, 15) is 9.59 Å². The molecule has 46 heavy (non-hydrogen) atoms. The minimum absolute atomic E-state index is 0.0393. The maximum atomic E-state index is 13.0. The molecule has 1 saturated heterocycles. The predicted molar refractivity (Wildman–Crippen MR) is 175 cm³/mol. The van der Waals surface area contributed by atoms with Gasteiger partial charge in [0.25, 0.3) is 5.91 Å². The van der Waals surface area contributed by atoms with Crippen LogP contribution in [-0.4, -0.2) is 82.5 Å². The first-order valence-electron chi connectivity index (χ1n) is 15.9. The van der Waals surface area contributed by atoms with Crippen molar-refractivity contribution in [3.63, 3.8) is 0 Å². The lowest BCUT2D eigenvalue weighted by molar-refractivity contribution is -0.929. The van der Waals surface area contributed by atoms with E-state index in [1.165, 1.54) is 0 Å². The Hall–Kier alpha value is -4.67. The molecule has 0 unspecified atom stereocenters. The SMILES string of the molecule is Cc1cc(NC(=O)c2ccc(CN3CC[N+](C)(COC(=O)OC4CCC4)CC3)cc2)ccc1Cc1nccc(-c2cccnc2)n1. The van der Waals surface area contributed by atoms with Crippen LogP contribution in [0.5, 0.6) is 0 Å². The van der Waals surface area contributed by atoms with Crippen molar-refractivity contribution in [1.29, 1.82) is 0 Å². The van der Waals surface area contributed by atoms with Gasteiger partial charge in [0.2, 0.25) is 6.73 Å². The Labute approximate surface area is 270 Å². The van der Waals surface area contributed by atoms with Crippen molar-refractivity contribution in [2.24, 2.45) is 0 Å². The summed E-state index contributed by atoms with van der Waals surface area (Å²) < 4.78 is 11.4. The molecule has 2 aromatic heterocycles. The summed E-state index contributed by atoms with van der Waals surface area (Å²) in [6, 6.07) is 19.5. The van der Waals surface area contributed by atoms with E-state index in [1.807, 2.05) is 67.6 Å². The Balaban J connectivity index is 0.971. The first kappa shape index (κ1) is 31.3. The fourth-order valence-electron chi connectivity index (χ4n) is 5.67. The number of rotatable bonds is 10. The highest BCUT2D eigenvalue weighted by molar-refractivity contribution is 6.04. The zero-order valence-corrected chi connectivity index (χ0v) is 26.5. The number of likely N-dealkylation sites (N-methyl/N-ethyl adjacent to an activating group) is 1. The maximum absolute atomic E-state index is 13.0. The van der Waals surface area contributed by atoms with Crippen LogP contribution in [-0.2, 0) is 22.4 Å². The largest absolute Gasteiger partial charge is 0.512 e. The number of carbonyl (C=O) groups is 2. The summed E-state index contributed by atoms with van der Waals surface area (Å²) in [5.41, 5.74) is 6.46. The number of nitrogens with one attached hydrogen (secondary N) is 1. The second-order valence-electron chi connectivity index (χ2n) is 12.6. The van der Waals surface area contributed by atoms with Crippen LogP contribution < -0.4 is 5.32 Å². The second kappa shape index (κ2) is 14.2. The van der Waals surface area contributed by atoms with Crippen LogP contribution in [0.25, 0.3) is 11.3 Å². The van der Waals surface area contributed by atoms with E-state index in [0.717, 1.165) is 91.4 Å². The van der Waals surface area contributed by atoms with Crippen LogP contribution in [0.3, 0.4) is 0 Å². The Morgan fingerprint density at radius 2 is 1.83 bits per heavy atom. The van der Waals surface area contributed by atoms with Crippen LogP contribution in [0.4, 0.5) is 10.5 Å². The molecule has 1 N–H and O–H groups in total. The Morgan fingerprint density at radius 1 is 1.02 bits per heavy atom. The normalized spacial score (nSPS) is 16.3. The van der Waals surface area contributed by atoms with Crippen LogP contribution in [0, 0.1) is 6.92 Å². The number of ether oxygens (including phenoxy) is 2. The third kappa shape index (κ3) is 8.13. The first-order valence-corrected chi connectivity index (χ1v) is 15.9. The summed E-state index contributed by atoms with van der Waals surface area (Å²) in [5.74, 6) is 0.585. The van der Waals surface area contributed by atoms with Crippen molar-refractivity contribution in [2.75, 3.05) is 45.3 Å². The fraction of sp³-hybridized carbons (Fsp3) is 0.361. The van der Waals surface area contributed by atoms with Gasteiger partial charge in [0.05, 0.1) is 25.8 Å². The van der Waals surface area contributed by atoms with Crippen molar-refractivity contribution in [3.05, 3.63) is 107 Å². The van der Waals surface area contributed by atoms with Crippen LogP contribution in [0.15, 0.2) is 79.3 Å². The summed E-state index contributed by atoms with van der Waals surface area (Å²) in [6.07, 6.45) is 8.40. The number of amides is 1. The maximum Gasteiger partial charge on any atom is 0.512 e. The third-order valence-electron chi connectivity index (χ3n) is 8.96. The van der Waals surface area contributed by atoms with Gasteiger partial charge in [-0.25, -0.2) is 14.8 Å². The molecule has 6 rings (SSSR count). The Kier molecular flexibility index (Phi) is 9.65. The van der Waals surface area contributed by atoms with E-state index < -0.39 is 6.16 Å². The standard InChI is InChI=1S/C36H40N6O4/c1-26-21-31(13-12-29(26)22-34-38-16-14-33(40-34)30-5-4-15-37-23-30)39-35(43)28-10-8-27(9-11-28)24-41-17-19-42(2,20-18-41)25-45-36(44)46-32-6-3-7-32/h4-5,8-16,21,23,32H,3,6-7,17-20,22,24-25H2,1-2H3/p+1. The molecule has 10 heteroatoms. The van der Waals surface area contributed by atoms with E-state index in [2.05, 4.69) is 27.2 Å². The molecule has 2 fully saturated rings.